The normalized spacial score (nSPS) is 21.0. The number of carbonyl (C=O) groups is 1. The number of methoxy groups -OCH3 is 1. The van der Waals surface area contributed by atoms with E-state index in [2.05, 4.69) is 63.7 Å². The number of fused-ring (bicyclic) bond motifs is 1. The van der Waals surface area contributed by atoms with E-state index < -0.39 is 0 Å². The van der Waals surface area contributed by atoms with Crippen molar-refractivity contribution in [3.05, 3.63) is 35.5 Å². The van der Waals surface area contributed by atoms with Crippen LogP contribution in [0.3, 0.4) is 0 Å². The standard InChI is InChI=1S/C27H42N2O3/c1-17(2)21(14-24(28)26-15-22(18(3)4)27(30)32-26)12-19-9-10-25-23(13-19)20(16-29(25)5)8-7-11-31-6/h9-10,13,16-18,21-22,24,26H,7-8,11-12,14-15,28H2,1-6H3. The summed E-state index contributed by atoms with van der Waals surface area (Å²) in [6.45, 7) is 9.49. The summed E-state index contributed by atoms with van der Waals surface area (Å²) in [7, 11) is 3.87. The molecule has 0 radical (unpaired) electrons. The van der Waals surface area contributed by atoms with E-state index in [1.807, 2.05) is 0 Å². The van der Waals surface area contributed by atoms with Gasteiger partial charge in [0.05, 0.1) is 5.92 Å². The van der Waals surface area contributed by atoms with Gasteiger partial charge in [0.15, 0.2) is 0 Å². The van der Waals surface area contributed by atoms with E-state index in [1.165, 1.54) is 22.0 Å². The molecule has 32 heavy (non-hydrogen) atoms. The first kappa shape index (κ1) is 24.8. The first-order valence-corrected chi connectivity index (χ1v) is 12.2. The third kappa shape index (κ3) is 5.74. The summed E-state index contributed by atoms with van der Waals surface area (Å²) < 4.78 is 13.1. The third-order valence-corrected chi connectivity index (χ3v) is 7.29. The summed E-state index contributed by atoms with van der Waals surface area (Å²) in [4.78, 5) is 12.2. The predicted octanol–water partition coefficient (Wildman–Crippen LogP) is 4.88. The van der Waals surface area contributed by atoms with Crippen LogP contribution in [0.2, 0.25) is 0 Å². The molecule has 1 aliphatic heterocycles. The van der Waals surface area contributed by atoms with E-state index in [-0.39, 0.29) is 24.0 Å². The molecule has 2 aromatic rings. The zero-order valence-electron chi connectivity index (χ0n) is 20.8. The lowest BCUT2D eigenvalue weighted by Crippen LogP contribution is -2.37. The van der Waals surface area contributed by atoms with Crippen LogP contribution in [0.4, 0.5) is 0 Å². The van der Waals surface area contributed by atoms with Crippen LogP contribution in [0.15, 0.2) is 24.4 Å². The quantitative estimate of drug-likeness (QED) is 0.398. The molecule has 5 heteroatoms. The van der Waals surface area contributed by atoms with E-state index in [0.717, 1.165) is 38.7 Å². The number of nitrogens with two attached hydrogens (primary N) is 1. The van der Waals surface area contributed by atoms with E-state index in [0.29, 0.717) is 17.8 Å². The maximum absolute atomic E-state index is 12.2. The van der Waals surface area contributed by atoms with Gasteiger partial charge in [-0.3, -0.25) is 4.79 Å². The van der Waals surface area contributed by atoms with Crippen LogP contribution in [0, 0.1) is 23.7 Å². The lowest BCUT2D eigenvalue weighted by Gasteiger charge is -2.27. The van der Waals surface area contributed by atoms with Crippen molar-refractivity contribution in [2.45, 2.75) is 71.9 Å². The number of aryl methyl sites for hydroxylation is 2. The Labute approximate surface area is 193 Å². The first-order valence-electron chi connectivity index (χ1n) is 12.2. The average Bonchev–Trinajstić information content (AvgIpc) is 3.28. The molecule has 1 aromatic carbocycles. The van der Waals surface area contributed by atoms with Crippen molar-refractivity contribution < 1.29 is 14.3 Å². The number of hydrogen-bond acceptors (Lipinski definition) is 4. The van der Waals surface area contributed by atoms with Crippen molar-refractivity contribution in [1.82, 2.24) is 4.57 Å². The highest BCUT2D eigenvalue weighted by molar-refractivity contribution is 5.84. The minimum Gasteiger partial charge on any atom is -0.460 e. The smallest absolute Gasteiger partial charge is 0.309 e. The molecule has 4 unspecified atom stereocenters. The Morgan fingerprint density at radius 2 is 2.00 bits per heavy atom. The molecule has 0 bridgehead atoms. The molecule has 3 rings (SSSR count). The van der Waals surface area contributed by atoms with Crippen molar-refractivity contribution in [2.75, 3.05) is 13.7 Å². The maximum Gasteiger partial charge on any atom is 0.309 e. The SMILES string of the molecule is COCCCc1cn(C)c2ccc(CC(CC(N)C3CC(C(C)C)C(=O)O3)C(C)C)cc12. The Balaban J connectivity index is 1.71. The van der Waals surface area contributed by atoms with Gasteiger partial charge >= 0.3 is 5.97 Å². The minimum absolute atomic E-state index is 0.0134. The van der Waals surface area contributed by atoms with Gasteiger partial charge in [-0.2, -0.15) is 0 Å². The molecule has 0 amide bonds. The van der Waals surface area contributed by atoms with Gasteiger partial charge in [0, 0.05) is 43.9 Å². The summed E-state index contributed by atoms with van der Waals surface area (Å²) >= 11 is 0. The van der Waals surface area contributed by atoms with Crippen molar-refractivity contribution in [3.8, 4) is 0 Å². The van der Waals surface area contributed by atoms with Crippen LogP contribution in [0.5, 0.6) is 0 Å². The number of benzene rings is 1. The third-order valence-electron chi connectivity index (χ3n) is 7.29. The number of aromatic nitrogens is 1. The van der Waals surface area contributed by atoms with Crippen molar-refractivity contribution in [3.63, 3.8) is 0 Å². The lowest BCUT2D eigenvalue weighted by molar-refractivity contribution is -0.146. The van der Waals surface area contributed by atoms with Crippen LogP contribution < -0.4 is 5.73 Å². The molecular weight excluding hydrogens is 400 g/mol. The predicted molar refractivity (Wildman–Crippen MR) is 131 cm³/mol. The summed E-state index contributed by atoms with van der Waals surface area (Å²) in [5.41, 5.74) is 10.6. The fraction of sp³-hybridized carbons (Fsp3) is 0.667. The molecule has 2 heterocycles. The Hall–Kier alpha value is -1.85. The number of carbonyl (C=O) groups excluding carboxylic acids is 1. The zero-order valence-corrected chi connectivity index (χ0v) is 20.8. The van der Waals surface area contributed by atoms with E-state index in [9.17, 15) is 4.79 Å². The Kier molecular flexibility index (Phi) is 8.40. The highest BCUT2D eigenvalue weighted by Crippen LogP contribution is 2.32. The molecule has 1 fully saturated rings. The van der Waals surface area contributed by atoms with Gasteiger partial charge in [0.1, 0.15) is 6.10 Å². The summed E-state index contributed by atoms with van der Waals surface area (Å²) in [6, 6.07) is 6.75. The molecular formula is C27H42N2O3. The fourth-order valence-electron chi connectivity index (χ4n) is 5.09. The molecule has 1 saturated heterocycles. The molecule has 0 aliphatic carbocycles. The summed E-state index contributed by atoms with van der Waals surface area (Å²) in [5.74, 6) is 1.17. The highest BCUT2D eigenvalue weighted by Gasteiger charge is 2.39. The van der Waals surface area contributed by atoms with Crippen LogP contribution >= 0.6 is 0 Å². The average molecular weight is 443 g/mol. The highest BCUT2D eigenvalue weighted by atomic mass is 16.6. The first-order chi connectivity index (χ1) is 15.2. The van der Waals surface area contributed by atoms with Gasteiger partial charge in [0.2, 0.25) is 0 Å². The van der Waals surface area contributed by atoms with Gasteiger partial charge in [-0.15, -0.1) is 0 Å². The number of cyclic esters (lactones) is 1. The molecule has 0 spiro atoms. The second kappa shape index (κ2) is 10.8. The van der Waals surface area contributed by atoms with Gasteiger partial charge < -0.3 is 19.8 Å². The minimum atomic E-state index is -0.153. The number of hydrogen-bond donors (Lipinski definition) is 1. The Bertz CT molecular complexity index is 902. The number of rotatable bonds is 11. The van der Waals surface area contributed by atoms with E-state index in [1.54, 1.807) is 7.11 Å². The largest absolute Gasteiger partial charge is 0.460 e. The Morgan fingerprint density at radius 3 is 2.62 bits per heavy atom. The summed E-state index contributed by atoms with van der Waals surface area (Å²) in [6.07, 6.45) is 6.76. The van der Waals surface area contributed by atoms with E-state index in [4.69, 9.17) is 15.2 Å². The van der Waals surface area contributed by atoms with Crippen LogP contribution in [-0.4, -0.2) is 36.4 Å². The summed E-state index contributed by atoms with van der Waals surface area (Å²) in [5, 5.41) is 1.34. The molecule has 5 nitrogen and oxygen atoms in total. The zero-order chi connectivity index (χ0) is 23.4. The number of esters is 1. The van der Waals surface area contributed by atoms with Crippen LogP contribution in [0.1, 0.15) is 58.1 Å². The number of ether oxygens (including phenoxy) is 2. The van der Waals surface area contributed by atoms with E-state index >= 15 is 0 Å². The van der Waals surface area contributed by atoms with Gasteiger partial charge in [0.25, 0.3) is 0 Å². The van der Waals surface area contributed by atoms with Gasteiger partial charge in [-0.1, -0.05) is 33.8 Å². The number of nitrogens with zero attached hydrogens (tertiary/aromatic N) is 1. The van der Waals surface area contributed by atoms with Gasteiger partial charge in [-0.05, 0) is 73.1 Å². The molecule has 0 saturated carbocycles. The second-order valence-electron chi connectivity index (χ2n) is 10.4. The molecule has 1 aliphatic rings. The fourth-order valence-corrected chi connectivity index (χ4v) is 5.09. The molecule has 2 N–H and O–H groups in total. The van der Waals surface area contributed by atoms with Crippen LogP contribution in [-0.2, 0) is 34.2 Å². The van der Waals surface area contributed by atoms with Crippen LogP contribution in [0.25, 0.3) is 10.9 Å². The topological polar surface area (TPSA) is 66.5 Å². The molecule has 4 atom stereocenters. The van der Waals surface area contributed by atoms with Gasteiger partial charge in [-0.25, -0.2) is 0 Å². The molecule has 1 aromatic heterocycles. The van der Waals surface area contributed by atoms with Crippen molar-refractivity contribution >= 4 is 16.9 Å². The Morgan fingerprint density at radius 1 is 1.25 bits per heavy atom. The second-order valence-corrected chi connectivity index (χ2v) is 10.4. The molecule has 178 valence electrons. The lowest BCUT2D eigenvalue weighted by atomic mass is 9.81. The van der Waals surface area contributed by atoms with Crippen molar-refractivity contribution in [2.24, 2.45) is 36.5 Å². The maximum atomic E-state index is 12.2. The monoisotopic (exact) mass is 442 g/mol. The van der Waals surface area contributed by atoms with Crippen molar-refractivity contribution in [1.29, 1.82) is 0 Å².